The number of nitrogens with one attached hydrogen (secondary N) is 1. The number of amides is 3. The molecule has 160 valence electrons. The molecule has 0 spiro atoms. The Hall–Kier alpha value is -3.22. The maximum absolute atomic E-state index is 14.0. The molecule has 0 bridgehead atoms. The summed E-state index contributed by atoms with van der Waals surface area (Å²) in [5, 5.41) is 2.62. The second-order valence-electron chi connectivity index (χ2n) is 8.71. The number of halogens is 1. The zero-order chi connectivity index (χ0) is 21.7. The van der Waals surface area contributed by atoms with Crippen LogP contribution in [0.15, 0.2) is 36.4 Å². The number of carbonyl (C=O) groups is 3. The summed E-state index contributed by atoms with van der Waals surface area (Å²) in [5.41, 5.74) is 3.69. The Bertz CT molecular complexity index is 1100. The van der Waals surface area contributed by atoms with E-state index in [1.807, 2.05) is 30.0 Å². The van der Waals surface area contributed by atoms with Crippen LogP contribution >= 0.6 is 0 Å². The summed E-state index contributed by atoms with van der Waals surface area (Å²) >= 11 is 0. The fourth-order valence-electron chi connectivity index (χ4n) is 4.44. The molecule has 5 rings (SSSR count). The van der Waals surface area contributed by atoms with Gasteiger partial charge in [0, 0.05) is 36.8 Å². The smallest absolute Gasteiger partial charge is 0.230 e. The highest BCUT2D eigenvalue weighted by molar-refractivity contribution is 6.04. The van der Waals surface area contributed by atoms with E-state index < -0.39 is 11.7 Å². The van der Waals surface area contributed by atoms with Gasteiger partial charge in [-0.1, -0.05) is 6.07 Å². The molecule has 0 radical (unpaired) electrons. The highest BCUT2D eigenvalue weighted by atomic mass is 19.1. The van der Waals surface area contributed by atoms with Gasteiger partial charge in [-0.05, 0) is 67.6 Å². The fourth-order valence-corrected chi connectivity index (χ4v) is 4.44. The van der Waals surface area contributed by atoms with Gasteiger partial charge in [0.1, 0.15) is 5.82 Å². The van der Waals surface area contributed by atoms with Crippen molar-refractivity contribution in [3.05, 3.63) is 53.3 Å². The molecule has 7 heteroatoms. The van der Waals surface area contributed by atoms with E-state index in [1.165, 1.54) is 6.07 Å². The number of hydrogen-bond donors (Lipinski definition) is 1. The minimum absolute atomic E-state index is 0.0860. The maximum atomic E-state index is 14.0. The number of aryl methyl sites for hydroxylation is 1. The molecule has 1 N–H and O–H groups in total. The molecule has 6 nitrogen and oxygen atoms in total. The molecule has 1 atom stereocenters. The molecule has 2 aromatic carbocycles. The summed E-state index contributed by atoms with van der Waals surface area (Å²) in [6.45, 7) is 2.75. The Morgan fingerprint density at radius 2 is 1.90 bits per heavy atom. The summed E-state index contributed by atoms with van der Waals surface area (Å²) in [4.78, 5) is 41.3. The van der Waals surface area contributed by atoms with E-state index in [1.54, 1.807) is 17.0 Å². The highest BCUT2D eigenvalue weighted by Gasteiger charge is 2.38. The van der Waals surface area contributed by atoms with Gasteiger partial charge in [-0.15, -0.1) is 0 Å². The third-order valence-corrected chi connectivity index (χ3v) is 6.34. The Kier molecular flexibility index (Phi) is 4.76. The molecule has 1 aliphatic carbocycles. The highest BCUT2D eigenvalue weighted by Crippen LogP contribution is 2.38. The van der Waals surface area contributed by atoms with E-state index in [-0.39, 0.29) is 42.3 Å². The second-order valence-corrected chi connectivity index (χ2v) is 8.71. The monoisotopic (exact) mass is 421 g/mol. The maximum Gasteiger partial charge on any atom is 0.230 e. The lowest BCUT2D eigenvalue weighted by atomic mass is 10.1. The molecule has 31 heavy (non-hydrogen) atoms. The van der Waals surface area contributed by atoms with E-state index in [2.05, 4.69) is 5.32 Å². The van der Waals surface area contributed by atoms with Crippen molar-refractivity contribution in [3.63, 3.8) is 0 Å². The van der Waals surface area contributed by atoms with E-state index in [4.69, 9.17) is 0 Å². The molecule has 2 fully saturated rings. The van der Waals surface area contributed by atoms with Crippen molar-refractivity contribution in [2.45, 2.75) is 32.6 Å². The molecule has 2 aliphatic heterocycles. The van der Waals surface area contributed by atoms with Gasteiger partial charge in [0.15, 0.2) is 0 Å². The Morgan fingerprint density at radius 1 is 1.10 bits per heavy atom. The third-order valence-electron chi connectivity index (χ3n) is 6.34. The number of hydrogen-bond acceptors (Lipinski definition) is 3. The van der Waals surface area contributed by atoms with E-state index >= 15 is 0 Å². The Morgan fingerprint density at radius 3 is 2.68 bits per heavy atom. The molecule has 2 aromatic rings. The van der Waals surface area contributed by atoms with Crippen LogP contribution in [-0.2, 0) is 20.8 Å². The van der Waals surface area contributed by atoms with Crippen LogP contribution in [0.2, 0.25) is 0 Å². The SMILES string of the molecule is Cc1ccc(F)c(NC(=O)[C@H]2CC(=O)N(c3ccc4c(c3)CCN4C(=O)C3CC3)C2)c1. The largest absolute Gasteiger partial charge is 0.323 e. The Labute approximate surface area is 180 Å². The standard InChI is InChI=1S/C24H24FN3O3/c1-14-2-6-19(25)20(10-14)26-23(30)17-12-22(29)28(13-17)18-5-7-21-16(11-18)8-9-27(21)24(31)15-3-4-15/h2,5-7,10-11,15,17H,3-4,8-9,12-13H2,1H3,(H,26,30)/t17-/m0/s1. The van der Waals surface area contributed by atoms with Crippen LogP contribution in [0.3, 0.4) is 0 Å². The van der Waals surface area contributed by atoms with Gasteiger partial charge in [0.25, 0.3) is 0 Å². The quantitative estimate of drug-likeness (QED) is 0.822. The van der Waals surface area contributed by atoms with E-state index in [0.29, 0.717) is 6.54 Å². The summed E-state index contributed by atoms with van der Waals surface area (Å²) < 4.78 is 14.0. The van der Waals surface area contributed by atoms with Crippen LogP contribution in [0.5, 0.6) is 0 Å². The minimum atomic E-state index is -0.548. The predicted molar refractivity (Wildman–Crippen MR) is 115 cm³/mol. The van der Waals surface area contributed by atoms with E-state index in [9.17, 15) is 18.8 Å². The lowest BCUT2D eigenvalue weighted by Crippen LogP contribution is -2.30. The molecule has 0 aromatic heterocycles. The first-order chi connectivity index (χ1) is 14.9. The Balaban J connectivity index is 1.30. The summed E-state index contributed by atoms with van der Waals surface area (Å²) in [6, 6.07) is 10.2. The van der Waals surface area contributed by atoms with Crippen LogP contribution in [-0.4, -0.2) is 30.8 Å². The number of benzene rings is 2. The normalized spacial score (nSPS) is 20.2. The molecule has 2 heterocycles. The number of fused-ring (bicyclic) bond motifs is 1. The van der Waals surface area contributed by atoms with Crippen LogP contribution in [0.4, 0.5) is 21.5 Å². The topological polar surface area (TPSA) is 69.7 Å². The lowest BCUT2D eigenvalue weighted by molar-refractivity contribution is -0.122. The van der Waals surface area contributed by atoms with Crippen LogP contribution in [0.25, 0.3) is 0 Å². The zero-order valence-electron chi connectivity index (χ0n) is 17.4. The molecule has 3 aliphatic rings. The zero-order valence-corrected chi connectivity index (χ0v) is 17.4. The molecule has 1 saturated heterocycles. The molecule has 0 unspecified atom stereocenters. The van der Waals surface area contributed by atoms with Gasteiger partial charge in [0.2, 0.25) is 17.7 Å². The summed E-state index contributed by atoms with van der Waals surface area (Å²) in [6.07, 6.45) is 2.80. The number of nitrogens with zero attached hydrogens (tertiary/aromatic N) is 2. The third kappa shape index (κ3) is 3.69. The van der Waals surface area contributed by atoms with Gasteiger partial charge in [-0.3, -0.25) is 14.4 Å². The van der Waals surface area contributed by atoms with Crippen LogP contribution in [0.1, 0.15) is 30.4 Å². The molecular weight excluding hydrogens is 397 g/mol. The van der Waals surface area contributed by atoms with Crippen molar-refractivity contribution >= 4 is 34.8 Å². The van der Waals surface area contributed by atoms with Crippen molar-refractivity contribution < 1.29 is 18.8 Å². The van der Waals surface area contributed by atoms with Gasteiger partial charge in [-0.2, -0.15) is 0 Å². The molecular formula is C24H24FN3O3. The van der Waals surface area contributed by atoms with Crippen LogP contribution < -0.4 is 15.1 Å². The van der Waals surface area contributed by atoms with Gasteiger partial charge in [0.05, 0.1) is 11.6 Å². The average Bonchev–Trinajstić information content (AvgIpc) is 3.40. The molecule has 1 saturated carbocycles. The van der Waals surface area contributed by atoms with Crippen molar-refractivity contribution in [1.82, 2.24) is 0 Å². The van der Waals surface area contributed by atoms with Crippen molar-refractivity contribution in [2.24, 2.45) is 11.8 Å². The van der Waals surface area contributed by atoms with Crippen molar-refractivity contribution in [3.8, 4) is 0 Å². The van der Waals surface area contributed by atoms with Crippen molar-refractivity contribution in [2.75, 3.05) is 28.2 Å². The first-order valence-corrected chi connectivity index (χ1v) is 10.7. The second kappa shape index (κ2) is 7.48. The average molecular weight is 421 g/mol. The molecule has 3 amide bonds. The van der Waals surface area contributed by atoms with Crippen molar-refractivity contribution in [1.29, 1.82) is 0 Å². The summed E-state index contributed by atoms with van der Waals surface area (Å²) in [5.74, 6) is -1.17. The number of anilines is 3. The fraction of sp³-hybridized carbons (Fsp3) is 0.375. The first-order valence-electron chi connectivity index (χ1n) is 10.7. The summed E-state index contributed by atoms with van der Waals surface area (Å²) in [7, 11) is 0. The van der Waals surface area contributed by atoms with Gasteiger partial charge < -0.3 is 15.1 Å². The van der Waals surface area contributed by atoms with E-state index in [0.717, 1.165) is 41.8 Å². The van der Waals surface area contributed by atoms with Gasteiger partial charge >= 0.3 is 0 Å². The lowest BCUT2D eigenvalue weighted by Gasteiger charge is -2.20. The first kappa shape index (κ1) is 19.7. The van der Waals surface area contributed by atoms with Gasteiger partial charge in [-0.25, -0.2) is 4.39 Å². The van der Waals surface area contributed by atoms with Crippen LogP contribution in [0, 0.1) is 24.6 Å². The predicted octanol–water partition coefficient (Wildman–Crippen LogP) is 3.42. The minimum Gasteiger partial charge on any atom is -0.323 e. The number of carbonyl (C=O) groups excluding carboxylic acids is 3. The number of rotatable bonds is 4.